The highest BCUT2D eigenvalue weighted by Gasteiger charge is 2.34. The minimum atomic E-state index is -0.107. The maximum atomic E-state index is 12.7. The van der Waals surface area contributed by atoms with Gasteiger partial charge < -0.3 is 15.7 Å². The van der Waals surface area contributed by atoms with Gasteiger partial charge in [0.05, 0.1) is 18.0 Å². The molecule has 112 valence electrons. The number of aromatic nitrogens is 2. The Bertz CT molecular complexity index is 709. The Morgan fingerprint density at radius 3 is 2.76 bits per heavy atom. The molecule has 0 unspecified atom stereocenters. The third kappa shape index (κ3) is 2.36. The second-order valence-electron chi connectivity index (χ2n) is 5.39. The molecule has 0 spiro atoms. The number of rotatable bonds is 4. The summed E-state index contributed by atoms with van der Waals surface area (Å²) in [5, 5.41) is 18.2. The number of hydrogen-bond acceptors (Lipinski definition) is 6. The molecular formula is C14H18N4O2S. The van der Waals surface area contributed by atoms with Gasteiger partial charge in [-0.3, -0.25) is 4.79 Å². The topological polar surface area (TPSA) is 92.3 Å². The van der Waals surface area contributed by atoms with Crippen molar-refractivity contribution in [3.05, 3.63) is 16.1 Å². The molecular weight excluding hydrogens is 288 g/mol. The molecule has 1 fully saturated rings. The molecule has 0 aromatic carbocycles. The van der Waals surface area contributed by atoms with Crippen molar-refractivity contribution in [2.45, 2.75) is 32.7 Å². The van der Waals surface area contributed by atoms with E-state index in [1.165, 1.54) is 11.3 Å². The first-order valence-electron chi connectivity index (χ1n) is 6.98. The first-order valence-corrected chi connectivity index (χ1v) is 7.80. The van der Waals surface area contributed by atoms with Gasteiger partial charge in [-0.05, 0) is 32.3 Å². The number of carbonyl (C=O) groups is 1. The number of nitrogens with zero attached hydrogens (tertiary/aromatic N) is 3. The summed E-state index contributed by atoms with van der Waals surface area (Å²) in [5.74, 6) is -0.107. The van der Waals surface area contributed by atoms with Crippen LogP contribution in [-0.4, -0.2) is 45.3 Å². The summed E-state index contributed by atoms with van der Waals surface area (Å²) in [6.45, 7) is 4.13. The largest absolute Gasteiger partial charge is 0.397 e. The molecule has 1 amide bonds. The van der Waals surface area contributed by atoms with Gasteiger partial charge in [0.2, 0.25) is 0 Å². The number of thiophene rings is 1. The molecule has 3 rings (SSSR count). The number of aryl methyl sites for hydroxylation is 2. The highest BCUT2D eigenvalue weighted by Crippen LogP contribution is 2.37. The molecule has 0 radical (unpaired) electrons. The Balaban J connectivity index is 2.05. The average molecular weight is 306 g/mol. The quantitative estimate of drug-likeness (QED) is 0.892. The number of amides is 1. The van der Waals surface area contributed by atoms with Gasteiger partial charge >= 0.3 is 0 Å². The number of carbonyl (C=O) groups excluding carboxylic acids is 1. The van der Waals surface area contributed by atoms with Crippen molar-refractivity contribution in [1.29, 1.82) is 0 Å². The fraction of sp³-hybridized carbons (Fsp3) is 0.500. The Morgan fingerprint density at radius 1 is 1.43 bits per heavy atom. The van der Waals surface area contributed by atoms with Crippen LogP contribution >= 0.6 is 11.3 Å². The van der Waals surface area contributed by atoms with Crippen LogP contribution in [0.1, 0.15) is 33.8 Å². The second kappa shape index (κ2) is 5.23. The van der Waals surface area contributed by atoms with E-state index in [-0.39, 0.29) is 18.6 Å². The fourth-order valence-electron chi connectivity index (χ4n) is 2.47. The molecule has 2 heterocycles. The normalized spacial score (nSPS) is 14.6. The van der Waals surface area contributed by atoms with E-state index < -0.39 is 0 Å². The van der Waals surface area contributed by atoms with E-state index in [1.54, 1.807) is 4.90 Å². The standard InChI is InChI=1S/C14H18N4O2S/c1-7-8(2)16-17-13-10(7)11(15)12(21-13)14(20)18(5-6-19)9-3-4-9/h9,19H,3-6,15H2,1-2H3. The molecule has 21 heavy (non-hydrogen) atoms. The van der Waals surface area contributed by atoms with Crippen LogP contribution in [0.3, 0.4) is 0 Å². The lowest BCUT2D eigenvalue weighted by Crippen LogP contribution is -2.35. The second-order valence-corrected chi connectivity index (χ2v) is 6.39. The summed E-state index contributed by atoms with van der Waals surface area (Å²) in [4.78, 5) is 15.6. The summed E-state index contributed by atoms with van der Waals surface area (Å²) < 4.78 is 0. The van der Waals surface area contributed by atoms with Crippen LogP contribution in [-0.2, 0) is 0 Å². The molecule has 0 aliphatic heterocycles. The van der Waals surface area contributed by atoms with Crippen LogP contribution in [0.5, 0.6) is 0 Å². The van der Waals surface area contributed by atoms with E-state index >= 15 is 0 Å². The summed E-state index contributed by atoms with van der Waals surface area (Å²) in [5.41, 5.74) is 8.47. The van der Waals surface area contributed by atoms with Crippen molar-refractivity contribution >= 4 is 33.1 Å². The molecule has 1 saturated carbocycles. The summed E-state index contributed by atoms with van der Waals surface area (Å²) in [6.07, 6.45) is 1.99. The van der Waals surface area contributed by atoms with Crippen molar-refractivity contribution in [2.75, 3.05) is 18.9 Å². The number of fused-ring (bicyclic) bond motifs is 1. The minimum absolute atomic E-state index is 0.0367. The van der Waals surface area contributed by atoms with Gasteiger partial charge in [0.25, 0.3) is 5.91 Å². The Kier molecular flexibility index (Phi) is 3.54. The van der Waals surface area contributed by atoms with Crippen LogP contribution in [0.15, 0.2) is 0 Å². The van der Waals surface area contributed by atoms with Crippen LogP contribution in [0.25, 0.3) is 10.2 Å². The molecule has 0 atom stereocenters. The Hall–Kier alpha value is -1.73. The number of anilines is 1. The molecule has 2 aromatic heterocycles. The maximum absolute atomic E-state index is 12.7. The first-order chi connectivity index (χ1) is 10.0. The van der Waals surface area contributed by atoms with Gasteiger partial charge in [-0.1, -0.05) is 0 Å². The summed E-state index contributed by atoms with van der Waals surface area (Å²) >= 11 is 1.28. The molecule has 0 bridgehead atoms. The van der Waals surface area contributed by atoms with E-state index in [9.17, 15) is 4.79 Å². The zero-order valence-electron chi connectivity index (χ0n) is 12.1. The van der Waals surface area contributed by atoms with Crippen LogP contribution < -0.4 is 5.73 Å². The van der Waals surface area contributed by atoms with Gasteiger partial charge in [0, 0.05) is 18.0 Å². The lowest BCUT2D eigenvalue weighted by molar-refractivity contribution is 0.0713. The van der Waals surface area contributed by atoms with E-state index in [0.717, 1.165) is 29.5 Å². The Morgan fingerprint density at radius 2 is 2.14 bits per heavy atom. The lowest BCUT2D eigenvalue weighted by atomic mass is 10.1. The molecule has 1 aliphatic carbocycles. The van der Waals surface area contributed by atoms with Crippen molar-refractivity contribution < 1.29 is 9.90 Å². The predicted molar refractivity (Wildman–Crippen MR) is 82.4 cm³/mol. The van der Waals surface area contributed by atoms with Gasteiger partial charge in [0.15, 0.2) is 0 Å². The first kappa shape index (κ1) is 14.2. The molecule has 0 saturated heterocycles. The van der Waals surface area contributed by atoms with Crippen molar-refractivity contribution in [2.24, 2.45) is 0 Å². The molecule has 1 aliphatic rings. The maximum Gasteiger partial charge on any atom is 0.266 e. The van der Waals surface area contributed by atoms with E-state index in [4.69, 9.17) is 10.8 Å². The number of hydrogen-bond donors (Lipinski definition) is 2. The lowest BCUT2D eigenvalue weighted by Gasteiger charge is -2.20. The molecule has 2 aromatic rings. The highest BCUT2D eigenvalue weighted by atomic mass is 32.1. The fourth-order valence-corrected chi connectivity index (χ4v) is 3.53. The highest BCUT2D eigenvalue weighted by molar-refractivity contribution is 7.21. The van der Waals surface area contributed by atoms with Gasteiger partial charge in [-0.2, -0.15) is 5.10 Å². The van der Waals surface area contributed by atoms with Crippen LogP contribution in [0, 0.1) is 13.8 Å². The molecule has 6 nitrogen and oxygen atoms in total. The SMILES string of the molecule is Cc1nnc2sc(C(=O)N(CCO)C3CC3)c(N)c2c1C. The molecule has 3 N–H and O–H groups in total. The van der Waals surface area contributed by atoms with Crippen LogP contribution in [0.2, 0.25) is 0 Å². The third-order valence-corrected chi connectivity index (χ3v) is 5.00. The van der Waals surface area contributed by atoms with Gasteiger partial charge in [-0.25, -0.2) is 0 Å². The van der Waals surface area contributed by atoms with Gasteiger partial charge in [-0.15, -0.1) is 16.4 Å². The molecule has 7 heteroatoms. The van der Waals surface area contributed by atoms with Crippen molar-refractivity contribution in [1.82, 2.24) is 15.1 Å². The number of aliphatic hydroxyl groups is 1. The van der Waals surface area contributed by atoms with E-state index in [1.807, 2.05) is 13.8 Å². The third-order valence-electron chi connectivity index (χ3n) is 3.92. The monoisotopic (exact) mass is 306 g/mol. The zero-order chi connectivity index (χ0) is 15.1. The summed E-state index contributed by atoms with van der Waals surface area (Å²) in [7, 11) is 0. The average Bonchev–Trinajstić information content (AvgIpc) is 3.24. The number of nitrogens with two attached hydrogens (primary N) is 1. The predicted octanol–water partition coefficient (Wildman–Crippen LogP) is 1.49. The zero-order valence-corrected chi connectivity index (χ0v) is 12.9. The minimum Gasteiger partial charge on any atom is -0.397 e. The number of aliphatic hydroxyl groups excluding tert-OH is 1. The van der Waals surface area contributed by atoms with Gasteiger partial charge in [0.1, 0.15) is 9.71 Å². The van der Waals surface area contributed by atoms with Crippen LogP contribution in [0.4, 0.5) is 5.69 Å². The Labute approximate surface area is 126 Å². The smallest absolute Gasteiger partial charge is 0.266 e. The number of nitrogen functional groups attached to an aromatic ring is 1. The van der Waals surface area contributed by atoms with Crippen molar-refractivity contribution in [3.63, 3.8) is 0 Å². The van der Waals surface area contributed by atoms with E-state index in [0.29, 0.717) is 21.9 Å². The summed E-state index contributed by atoms with van der Waals surface area (Å²) in [6, 6.07) is 0.239. The van der Waals surface area contributed by atoms with E-state index in [2.05, 4.69) is 10.2 Å². The van der Waals surface area contributed by atoms with Crippen molar-refractivity contribution in [3.8, 4) is 0 Å².